The molecular weight excluding hydrogens is 306 g/mol. The Morgan fingerprint density at radius 2 is 1.93 bits per heavy atom. The van der Waals surface area contributed by atoms with Crippen LogP contribution in [-0.2, 0) is 4.57 Å². The van der Waals surface area contributed by atoms with Crippen LogP contribution in [0.4, 0.5) is 0 Å². The Balaban J connectivity index is 0.00000196. The molecule has 0 aliphatic heterocycles. The third-order valence-electron chi connectivity index (χ3n) is 1.94. The monoisotopic (exact) mass is 316 g/mol. The molecule has 1 N–H and O–H groups in total. The van der Waals surface area contributed by atoms with Crippen molar-refractivity contribution in [2.75, 3.05) is 0 Å². The first-order valence-corrected chi connectivity index (χ1v) is 6.73. The summed E-state index contributed by atoms with van der Waals surface area (Å²) in [6, 6.07) is 6.21. The van der Waals surface area contributed by atoms with Gasteiger partial charge in [-0.15, -0.1) is 0 Å². The first kappa shape index (κ1) is 16.5. The van der Waals surface area contributed by atoms with Gasteiger partial charge < -0.3 is 14.4 Å². The molecule has 2 unspecified atom stereocenters. The van der Waals surface area contributed by atoms with Crippen LogP contribution in [-0.4, -0.2) is 4.89 Å². The largest absolute Gasteiger partial charge is 1.00 e. The van der Waals surface area contributed by atoms with E-state index in [-0.39, 0.29) is 61.5 Å². The van der Waals surface area contributed by atoms with Gasteiger partial charge in [-0.25, -0.2) is 0 Å². The molecular formula is C9H11BrKO3P. The van der Waals surface area contributed by atoms with Crippen molar-refractivity contribution >= 4 is 28.8 Å². The van der Waals surface area contributed by atoms with Crippen molar-refractivity contribution in [3.05, 3.63) is 29.8 Å². The summed E-state index contributed by atoms with van der Waals surface area (Å²) in [5.74, 6) is 0. The number of alkyl halides is 1. The van der Waals surface area contributed by atoms with Crippen molar-refractivity contribution in [1.82, 2.24) is 0 Å². The average molecular weight is 317 g/mol. The maximum Gasteiger partial charge on any atom is 1.00 e. The molecule has 0 aromatic heterocycles. The molecule has 3 nitrogen and oxygen atoms in total. The maximum absolute atomic E-state index is 10.8. The second kappa shape index (κ2) is 7.04. The van der Waals surface area contributed by atoms with E-state index < -0.39 is 7.60 Å². The number of hydrogen-bond donors (Lipinski definition) is 1. The summed E-state index contributed by atoms with van der Waals surface area (Å²) in [6.45, 7) is 2.03. The molecule has 0 radical (unpaired) electrons. The number of hydrogen-bond acceptors (Lipinski definition) is 2. The SMILES string of the molecule is CCC(Br)c1ccc(P(=O)([O-])O)cc1.[K+]. The van der Waals surface area contributed by atoms with Crippen LogP contribution in [0.5, 0.6) is 0 Å². The smallest absolute Gasteiger partial charge is 0.775 e. The molecule has 0 spiro atoms. The molecule has 0 bridgehead atoms. The zero-order chi connectivity index (χ0) is 10.8. The average Bonchev–Trinajstić information content (AvgIpc) is 2.15. The van der Waals surface area contributed by atoms with Crippen LogP contribution in [0, 0.1) is 0 Å². The zero-order valence-electron chi connectivity index (χ0n) is 8.68. The van der Waals surface area contributed by atoms with Gasteiger partial charge in [-0.2, -0.15) is 0 Å². The van der Waals surface area contributed by atoms with Crippen molar-refractivity contribution < 1.29 is 65.7 Å². The van der Waals surface area contributed by atoms with Crippen LogP contribution in [0.3, 0.4) is 0 Å². The van der Waals surface area contributed by atoms with Crippen LogP contribution < -0.4 is 61.6 Å². The van der Waals surface area contributed by atoms with Crippen molar-refractivity contribution in [3.8, 4) is 0 Å². The minimum Gasteiger partial charge on any atom is -0.775 e. The molecule has 1 aromatic carbocycles. The molecule has 0 saturated heterocycles. The fourth-order valence-corrected chi connectivity index (χ4v) is 1.94. The van der Waals surface area contributed by atoms with Gasteiger partial charge in [0.1, 0.15) is 0 Å². The summed E-state index contributed by atoms with van der Waals surface area (Å²) in [7, 11) is -4.34. The third kappa shape index (κ3) is 5.11. The van der Waals surface area contributed by atoms with E-state index in [1.54, 1.807) is 12.1 Å². The van der Waals surface area contributed by atoms with Gasteiger partial charge in [0.05, 0.1) is 0 Å². The van der Waals surface area contributed by atoms with Gasteiger partial charge in [-0.3, -0.25) is 0 Å². The van der Waals surface area contributed by atoms with Gasteiger partial charge in [0.15, 0.2) is 7.60 Å². The van der Waals surface area contributed by atoms with Crippen LogP contribution in [0.15, 0.2) is 24.3 Å². The number of rotatable bonds is 3. The molecule has 1 aromatic rings. The van der Waals surface area contributed by atoms with E-state index in [9.17, 15) is 9.46 Å². The van der Waals surface area contributed by atoms with E-state index in [2.05, 4.69) is 15.9 Å². The van der Waals surface area contributed by atoms with Gasteiger partial charge in [0.2, 0.25) is 0 Å². The van der Waals surface area contributed by atoms with Crippen molar-refractivity contribution in [1.29, 1.82) is 0 Å². The van der Waals surface area contributed by atoms with E-state index >= 15 is 0 Å². The third-order valence-corrected chi connectivity index (χ3v) is 4.07. The van der Waals surface area contributed by atoms with Crippen LogP contribution in [0.25, 0.3) is 0 Å². The molecule has 0 heterocycles. The topological polar surface area (TPSA) is 60.4 Å². The molecule has 0 saturated carbocycles. The Kier molecular flexibility index (Phi) is 7.74. The minimum atomic E-state index is -4.34. The molecule has 0 amide bonds. The number of halogens is 1. The quantitative estimate of drug-likeness (QED) is 0.429. The molecule has 2 atom stereocenters. The number of benzene rings is 1. The molecule has 0 aliphatic rings. The fourth-order valence-electron chi connectivity index (χ4n) is 1.11. The summed E-state index contributed by atoms with van der Waals surface area (Å²) in [5.41, 5.74) is 1.00. The Hall–Kier alpha value is 1.49. The molecule has 0 aliphatic carbocycles. The predicted molar refractivity (Wildman–Crippen MR) is 57.9 cm³/mol. The van der Waals surface area contributed by atoms with E-state index in [0.29, 0.717) is 0 Å². The maximum atomic E-state index is 10.8. The van der Waals surface area contributed by atoms with E-state index in [1.165, 1.54) is 12.1 Å². The first-order chi connectivity index (χ1) is 6.45. The second-order valence-electron chi connectivity index (χ2n) is 2.99. The molecule has 6 heteroatoms. The van der Waals surface area contributed by atoms with Crippen LogP contribution in [0.1, 0.15) is 23.7 Å². The van der Waals surface area contributed by atoms with Gasteiger partial charge in [0.25, 0.3) is 0 Å². The Labute approximate surface area is 140 Å². The van der Waals surface area contributed by atoms with Gasteiger partial charge in [-0.1, -0.05) is 47.1 Å². The Morgan fingerprint density at radius 3 is 2.27 bits per heavy atom. The molecule has 78 valence electrons. The standard InChI is InChI=1S/C9H12BrO3P.K/c1-2-9(10)7-3-5-8(6-4-7)14(11,12)13;/h3-6,9H,2H2,1H3,(H2,11,12,13);/q;+1/p-1. The Bertz CT molecular complexity index is 349. The van der Waals surface area contributed by atoms with E-state index in [4.69, 9.17) is 4.89 Å². The predicted octanol–water partition coefficient (Wildman–Crippen LogP) is -1.29. The van der Waals surface area contributed by atoms with Crippen molar-refractivity contribution in [2.45, 2.75) is 18.2 Å². The van der Waals surface area contributed by atoms with Crippen molar-refractivity contribution in [3.63, 3.8) is 0 Å². The summed E-state index contributed by atoms with van der Waals surface area (Å²) in [4.78, 5) is 19.7. The summed E-state index contributed by atoms with van der Waals surface area (Å²) >= 11 is 3.45. The summed E-state index contributed by atoms with van der Waals surface area (Å²) < 4.78 is 10.8. The minimum absolute atomic E-state index is 0. The van der Waals surface area contributed by atoms with Crippen LogP contribution >= 0.6 is 23.5 Å². The second-order valence-corrected chi connectivity index (χ2v) is 5.65. The molecule has 0 fully saturated rings. The van der Waals surface area contributed by atoms with Crippen LogP contribution in [0.2, 0.25) is 0 Å². The molecule has 15 heavy (non-hydrogen) atoms. The Morgan fingerprint density at radius 1 is 1.47 bits per heavy atom. The van der Waals surface area contributed by atoms with Gasteiger partial charge >= 0.3 is 51.4 Å². The van der Waals surface area contributed by atoms with Gasteiger partial charge in [-0.05, 0) is 12.0 Å². The molecule has 1 rings (SSSR count). The zero-order valence-corrected chi connectivity index (χ0v) is 14.3. The summed E-state index contributed by atoms with van der Waals surface area (Å²) in [6.07, 6.45) is 0.924. The fraction of sp³-hybridized carbons (Fsp3) is 0.333. The normalized spacial score (nSPS) is 16.3. The first-order valence-electron chi connectivity index (χ1n) is 4.23. The summed E-state index contributed by atoms with van der Waals surface area (Å²) in [5, 5.41) is -0.0444. The van der Waals surface area contributed by atoms with Gasteiger partial charge in [0, 0.05) is 10.1 Å². The van der Waals surface area contributed by atoms with Crippen molar-refractivity contribution in [2.24, 2.45) is 0 Å². The van der Waals surface area contributed by atoms with E-state index in [1.807, 2.05) is 6.92 Å². The van der Waals surface area contributed by atoms with E-state index in [0.717, 1.165) is 12.0 Å².